The molecule has 1 saturated carbocycles. The number of nitrogens with zero attached hydrogens (tertiary/aromatic N) is 1. The Morgan fingerprint density at radius 3 is 2.29 bits per heavy atom. The molecule has 0 radical (unpaired) electrons. The normalized spacial score (nSPS) is 16.2. The average molecular weight is 320 g/mol. The molecule has 0 bridgehead atoms. The van der Waals surface area contributed by atoms with Crippen LogP contribution < -0.4 is 5.73 Å². The number of benzene rings is 1. The summed E-state index contributed by atoms with van der Waals surface area (Å²) in [4.78, 5) is -0.971. The lowest BCUT2D eigenvalue weighted by Crippen LogP contribution is -2.45. The van der Waals surface area contributed by atoms with E-state index in [-0.39, 0.29) is 31.3 Å². The van der Waals surface area contributed by atoms with E-state index in [9.17, 15) is 17.2 Å². The lowest BCUT2D eigenvalue weighted by molar-refractivity contribution is 0.197. The third-order valence-electron chi connectivity index (χ3n) is 3.61. The van der Waals surface area contributed by atoms with Crippen LogP contribution in [0.1, 0.15) is 25.7 Å². The Morgan fingerprint density at radius 1 is 1.29 bits per heavy atom. The fourth-order valence-electron chi connectivity index (χ4n) is 2.34. The van der Waals surface area contributed by atoms with Crippen LogP contribution in [-0.2, 0) is 10.0 Å². The average Bonchev–Trinajstić information content (AvgIpc) is 2.29. The minimum atomic E-state index is -4.29. The molecule has 21 heavy (non-hydrogen) atoms. The monoisotopic (exact) mass is 320 g/mol. The number of rotatable bonds is 6. The number of aliphatic hydroxyl groups excluding tert-OH is 1. The molecule has 1 aromatic carbocycles. The maximum atomic E-state index is 13.9. The summed E-state index contributed by atoms with van der Waals surface area (Å²) in [6, 6.07) is 1.32. The van der Waals surface area contributed by atoms with Crippen LogP contribution in [0.4, 0.5) is 14.5 Å². The summed E-state index contributed by atoms with van der Waals surface area (Å²) in [5.74, 6) is -2.39. The van der Waals surface area contributed by atoms with Crippen LogP contribution in [-0.4, -0.2) is 37.0 Å². The van der Waals surface area contributed by atoms with E-state index in [4.69, 9.17) is 10.8 Å². The van der Waals surface area contributed by atoms with Gasteiger partial charge in [-0.1, -0.05) is 6.42 Å². The summed E-state index contributed by atoms with van der Waals surface area (Å²) < 4.78 is 54.0. The number of nitrogen functional groups attached to an aromatic ring is 1. The molecule has 1 fully saturated rings. The molecular weight excluding hydrogens is 302 g/mol. The van der Waals surface area contributed by atoms with Crippen molar-refractivity contribution < 1.29 is 22.3 Å². The van der Waals surface area contributed by atoms with E-state index in [0.29, 0.717) is 12.8 Å². The summed E-state index contributed by atoms with van der Waals surface area (Å²) >= 11 is 0. The molecule has 0 spiro atoms. The highest BCUT2D eigenvalue weighted by atomic mass is 32.2. The van der Waals surface area contributed by atoms with Crippen LogP contribution >= 0.6 is 0 Å². The SMILES string of the molecule is Nc1cc(F)c(S(=O)(=O)N(CCCO)C2CCC2)c(F)c1. The fourth-order valence-corrected chi connectivity index (χ4v) is 4.16. The standard InChI is InChI=1S/C13H18F2N2O3S/c14-11-7-9(16)8-12(15)13(11)21(19,20)17(5-2-6-18)10-3-1-4-10/h7-8,10,18H,1-6,16H2. The summed E-state index contributed by atoms with van der Waals surface area (Å²) in [7, 11) is -4.29. The van der Waals surface area contributed by atoms with Crippen molar-refractivity contribution in [3.05, 3.63) is 23.8 Å². The van der Waals surface area contributed by atoms with Crippen molar-refractivity contribution in [1.29, 1.82) is 0 Å². The number of hydrogen-bond acceptors (Lipinski definition) is 4. The topological polar surface area (TPSA) is 83.6 Å². The van der Waals surface area contributed by atoms with E-state index in [1.54, 1.807) is 0 Å². The van der Waals surface area contributed by atoms with Crippen molar-refractivity contribution in [2.24, 2.45) is 0 Å². The van der Waals surface area contributed by atoms with Gasteiger partial charge in [0.1, 0.15) is 11.6 Å². The van der Waals surface area contributed by atoms with Crippen molar-refractivity contribution in [1.82, 2.24) is 4.31 Å². The molecule has 1 aromatic rings. The van der Waals surface area contributed by atoms with Crippen LogP contribution in [0.5, 0.6) is 0 Å². The van der Waals surface area contributed by atoms with Gasteiger partial charge in [0, 0.05) is 24.9 Å². The van der Waals surface area contributed by atoms with Gasteiger partial charge in [0.05, 0.1) is 0 Å². The number of hydrogen-bond donors (Lipinski definition) is 2. The zero-order valence-electron chi connectivity index (χ0n) is 11.4. The van der Waals surface area contributed by atoms with E-state index in [1.165, 1.54) is 0 Å². The van der Waals surface area contributed by atoms with E-state index in [0.717, 1.165) is 22.9 Å². The van der Waals surface area contributed by atoms with E-state index in [2.05, 4.69) is 0 Å². The Morgan fingerprint density at radius 2 is 1.86 bits per heavy atom. The first-order chi connectivity index (χ1) is 9.87. The molecule has 118 valence electrons. The fraction of sp³-hybridized carbons (Fsp3) is 0.538. The van der Waals surface area contributed by atoms with Gasteiger partial charge >= 0.3 is 0 Å². The molecule has 0 heterocycles. The predicted octanol–water partition coefficient (Wildman–Crippen LogP) is 1.47. The Labute approximate surface area is 122 Å². The van der Waals surface area contributed by atoms with Crippen LogP contribution in [0, 0.1) is 11.6 Å². The van der Waals surface area contributed by atoms with Gasteiger partial charge in [0.2, 0.25) is 10.0 Å². The summed E-state index contributed by atoms with van der Waals surface area (Å²) in [5, 5.41) is 8.88. The van der Waals surface area contributed by atoms with Gasteiger partial charge in [0.15, 0.2) is 4.90 Å². The highest BCUT2D eigenvalue weighted by molar-refractivity contribution is 7.89. The summed E-state index contributed by atoms with van der Waals surface area (Å²) in [5.41, 5.74) is 5.13. The number of nitrogens with two attached hydrogens (primary N) is 1. The van der Waals surface area contributed by atoms with E-state index < -0.39 is 26.6 Å². The maximum Gasteiger partial charge on any atom is 0.249 e. The second kappa shape index (κ2) is 6.25. The van der Waals surface area contributed by atoms with Crippen LogP contribution in [0.25, 0.3) is 0 Å². The molecule has 0 atom stereocenters. The Hall–Kier alpha value is -1.25. The Bertz CT molecular complexity index is 595. The van der Waals surface area contributed by atoms with Gasteiger partial charge in [-0.3, -0.25) is 0 Å². The molecule has 3 N–H and O–H groups in total. The minimum absolute atomic E-state index is 0.0345. The number of anilines is 1. The Kier molecular flexibility index (Phi) is 4.80. The minimum Gasteiger partial charge on any atom is -0.399 e. The smallest absolute Gasteiger partial charge is 0.249 e. The Balaban J connectivity index is 2.42. The first-order valence-electron chi connectivity index (χ1n) is 6.75. The predicted molar refractivity (Wildman–Crippen MR) is 74.0 cm³/mol. The number of aliphatic hydroxyl groups is 1. The molecule has 1 aliphatic carbocycles. The van der Waals surface area contributed by atoms with Gasteiger partial charge in [-0.15, -0.1) is 0 Å². The van der Waals surface area contributed by atoms with Crippen molar-refractivity contribution in [2.45, 2.75) is 36.6 Å². The molecule has 0 unspecified atom stereocenters. The molecule has 8 heteroatoms. The van der Waals surface area contributed by atoms with Crippen molar-refractivity contribution >= 4 is 15.7 Å². The second-order valence-electron chi connectivity index (χ2n) is 5.09. The quantitative estimate of drug-likeness (QED) is 0.778. The lowest BCUT2D eigenvalue weighted by atomic mass is 9.93. The molecule has 2 rings (SSSR count). The molecule has 1 aliphatic rings. The van der Waals surface area contributed by atoms with E-state index in [1.807, 2.05) is 0 Å². The van der Waals surface area contributed by atoms with Crippen LogP contribution in [0.3, 0.4) is 0 Å². The zero-order valence-corrected chi connectivity index (χ0v) is 12.2. The molecule has 5 nitrogen and oxygen atoms in total. The van der Waals surface area contributed by atoms with Crippen molar-refractivity contribution in [3.63, 3.8) is 0 Å². The highest BCUT2D eigenvalue weighted by Crippen LogP contribution is 2.32. The van der Waals surface area contributed by atoms with Crippen molar-refractivity contribution in [3.8, 4) is 0 Å². The van der Waals surface area contributed by atoms with Gasteiger partial charge in [0.25, 0.3) is 0 Å². The summed E-state index contributed by atoms with van der Waals surface area (Å²) in [6.45, 7) is -0.155. The van der Waals surface area contributed by atoms with E-state index >= 15 is 0 Å². The molecule has 0 aromatic heterocycles. The molecule has 0 amide bonds. The largest absolute Gasteiger partial charge is 0.399 e. The third kappa shape index (κ3) is 3.17. The molecular formula is C13H18F2N2O3S. The maximum absolute atomic E-state index is 13.9. The third-order valence-corrected chi connectivity index (χ3v) is 5.61. The molecule has 0 saturated heterocycles. The highest BCUT2D eigenvalue weighted by Gasteiger charge is 2.37. The number of halogens is 2. The van der Waals surface area contributed by atoms with Crippen LogP contribution in [0.15, 0.2) is 17.0 Å². The second-order valence-corrected chi connectivity index (χ2v) is 6.92. The zero-order chi connectivity index (χ0) is 15.6. The van der Waals surface area contributed by atoms with Gasteiger partial charge < -0.3 is 10.8 Å². The van der Waals surface area contributed by atoms with Gasteiger partial charge in [-0.25, -0.2) is 17.2 Å². The van der Waals surface area contributed by atoms with Crippen molar-refractivity contribution in [2.75, 3.05) is 18.9 Å². The molecule has 0 aliphatic heterocycles. The van der Waals surface area contributed by atoms with Gasteiger partial charge in [-0.2, -0.15) is 4.31 Å². The first-order valence-corrected chi connectivity index (χ1v) is 8.19. The van der Waals surface area contributed by atoms with Gasteiger partial charge in [-0.05, 0) is 31.4 Å². The van der Waals surface area contributed by atoms with Crippen LogP contribution in [0.2, 0.25) is 0 Å². The first kappa shape index (κ1) is 16.1. The number of sulfonamides is 1. The summed E-state index contributed by atoms with van der Waals surface area (Å²) in [6.07, 6.45) is 2.40. The lowest BCUT2D eigenvalue weighted by Gasteiger charge is -2.36.